The SMILES string of the molecule is CCc1c(C)nc(OC)nc1N(CC)CCCC#N. The fraction of sp³-hybridized carbons (Fsp3) is 0.643. The minimum atomic E-state index is 0.406. The minimum Gasteiger partial charge on any atom is -0.467 e. The summed E-state index contributed by atoms with van der Waals surface area (Å²) >= 11 is 0. The molecule has 5 nitrogen and oxygen atoms in total. The number of hydrogen-bond acceptors (Lipinski definition) is 5. The smallest absolute Gasteiger partial charge is 0.318 e. The normalized spacial score (nSPS) is 10.1. The van der Waals surface area contributed by atoms with E-state index in [1.807, 2.05) is 6.92 Å². The van der Waals surface area contributed by atoms with Crippen LogP contribution in [0.25, 0.3) is 0 Å². The molecule has 104 valence electrons. The summed E-state index contributed by atoms with van der Waals surface area (Å²) in [5.41, 5.74) is 2.11. The Kier molecular flexibility index (Phi) is 6.07. The third-order valence-electron chi connectivity index (χ3n) is 3.11. The summed E-state index contributed by atoms with van der Waals surface area (Å²) in [5.74, 6) is 0.937. The Morgan fingerprint density at radius 3 is 2.58 bits per heavy atom. The van der Waals surface area contributed by atoms with E-state index in [0.717, 1.165) is 43.0 Å². The fourth-order valence-corrected chi connectivity index (χ4v) is 2.09. The first-order valence-electron chi connectivity index (χ1n) is 6.71. The van der Waals surface area contributed by atoms with Crippen molar-refractivity contribution >= 4 is 5.82 Å². The number of aromatic nitrogens is 2. The van der Waals surface area contributed by atoms with Gasteiger partial charge in [-0.1, -0.05) is 6.92 Å². The van der Waals surface area contributed by atoms with E-state index < -0.39 is 0 Å². The van der Waals surface area contributed by atoms with Gasteiger partial charge < -0.3 is 9.64 Å². The van der Waals surface area contributed by atoms with Crippen LogP contribution in [0.15, 0.2) is 0 Å². The standard InChI is InChI=1S/C14H22N4O/c1-5-12-11(3)16-14(19-4)17-13(12)18(6-2)10-8-7-9-15/h5-8,10H2,1-4H3. The van der Waals surface area contributed by atoms with E-state index in [1.54, 1.807) is 7.11 Å². The van der Waals surface area contributed by atoms with Crippen LogP contribution in [-0.4, -0.2) is 30.2 Å². The molecule has 0 N–H and O–H groups in total. The van der Waals surface area contributed by atoms with Crippen molar-refractivity contribution in [2.75, 3.05) is 25.1 Å². The summed E-state index contributed by atoms with van der Waals surface area (Å²) in [6.45, 7) is 7.87. The Bertz CT molecular complexity index is 453. The number of aryl methyl sites for hydroxylation is 1. The lowest BCUT2D eigenvalue weighted by molar-refractivity contribution is 0.378. The molecule has 0 aliphatic heterocycles. The first-order chi connectivity index (χ1) is 9.17. The molecule has 0 amide bonds. The number of ether oxygens (including phenoxy) is 1. The maximum Gasteiger partial charge on any atom is 0.318 e. The number of rotatable bonds is 7. The number of nitriles is 1. The fourth-order valence-electron chi connectivity index (χ4n) is 2.09. The van der Waals surface area contributed by atoms with Crippen molar-refractivity contribution in [3.63, 3.8) is 0 Å². The lowest BCUT2D eigenvalue weighted by Crippen LogP contribution is -2.27. The predicted molar refractivity (Wildman–Crippen MR) is 75.4 cm³/mol. The summed E-state index contributed by atoms with van der Waals surface area (Å²) in [6, 6.07) is 2.58. The lowest BCUT2D eigenvalue weighted by Gasteiger charge is -2.24. The number of methoxy groups -OCH3 is 1. The quantitative estimate of drug-likeness (QED) is 0.706. The third-order valence-corrected chi connectivity index (χ3v) is 3.11. The second-order valence-electron chi connectivity index (χ2n) is 4.29. The summed E-state index contributed by atoms with van der Waals surface area (Å²) in [6.07, 6.45) is 2.30. The van der Waals surface area contributed by atoms with Crippen LogP contribution in [0.1, 0.15) is 37.9 Å². The van der Waals surface area contributed by atoms with E-state index >= 15 is 0 Å². The molecular weight excluding hydrogens is 240 g/mol. The van der Waals surface area contributed by atoms with Gasteiger partial charge >= 0.3 is 6.01 Å². The summed E-state index contributed by atoms with van der Waals surface area (Å²) in [5, 5.41) is 8.64. The van der Waals surface area contributed by atoms with Crippen LogP contribution in [0.4, 0.5) is 5.82 Å². The van der Waals surface area contributed by atoms with Crippen LogP contribution in [0.2, 0.25) is 0 Å². The highest BCUT2D eigenvalue weighted by atomic mass is 16.5. The first kappa shape index (κ1) is 15.2. The molecular formula is C14H22N4O. The van der Waals surface area contributed by atoms with Gasteiger partial charge in [-0.25, -0.2) is 4.98 Å². The van der Waals surface area contributed by atoms with Gasteiger partial charge in [0.2, 0.25) is 0 Å². The van der Waals surface area contributed by atoms with Gasteiger partial charge in [0.05, 0.1) is 13.2 Å². The molecule has 0 saturated carbocycles. The van der Waals surface area contributed by atoms with Crippen LogP contribution in [-0.2, 0) is 6.42 Å². The summed E-state index contributed by atoms with van der Waals surface area (Å²) < 4.78 is 5.15. The van der Waals surface area contributed by atoms with Gasteiger partial charge in [0.25, 0.3) is 0 Å². The minimum absolute atomic E-state index is 0.406. The van der Waals surface area contributed by atoms with Gasteiger partial charge in [-0.3, -0.25) is 0 Å². The molecule has 0 unspecified atom stereocenters. The van der Waals surface area contributed by atoms with Crippen molar-refractivity contribution in [3.8, 4) is 12.1 Å². The maximum atomic E-state index is 8.64. The monoisotopic (exact) mass is 262 g/mol. The van der Waals surface area contributed by atoms with Gasteiger partial charge in [-0.05, 0) is 26.7 Å². The average Bonchev–Trinajstić information content (AvgIpc) is 2.43. The van der Waals surface area contributed by atoms with E-state index in [-0.39, 0.29) is 0 Å². The van der Waals surface area contributed by atoms with Gasteiger partial charge in [0.1, 0.15) is 5.82 Å². The molecule has 0 radical (unpaired) electrons. The highest BCUT2D eigenvalue weighted by Crippen LogP contribution is 2.24. The molecule has 0 atom stereocenters. The van der Waals surface area contributed by atoms with Gasteiger partial charge in [0.15, 0.2) is 0 Å². The predicted octanol–water partition coefficient (Wildman–Crippen LogP) is 2.49. The Morgan fingerprint density at radius 1 is 1.32 bits per heavy atom. The molecule has 5 heteroatoms. The molecule has 1 aromatic rings. The molecule has 1 aromatic heterocycles. The van der Waals surface area contributed by atoms with Gasteiger partial charge in [0, 0.05) is 30.8 Å². The number of unbranched alkanes of at least 4 members (excludes halogenated alkanes) is 1. The molecule has 1 rings (SSSR count). The highest BCUT2D eigenvalue weighted by molar-refractivity contribution is 5.49. The highest BCUT2D eigenvalue weighted by Gasteiger charge is 2.15. The molecule has 1 heterocycles. The largest absolute Gasteiger partial charge is 0.467 e. The van der Waals surface area contributed by atoms with E-state index in [9.17, 15) is 0 Å². The van der Waals surface area contributed by atoms with Crippen molar-refractivity contribution in [1.82, 2.24) is 9.97 Å². The van der Waals surface area contributed by atoms with Crippen LogP contribution in [0.5, 0.6) is 6.01 Å². The van der Waals surface area contributed by atoms with E-state index in [1.165, 1.54) is 0 Å². The van der Waals surface area contributed by atoms with Crippen molar-refractivity contribution in [2.45, 2.75) is 40.0 Å². The van der Waals surface area contributed by atoms with E-state index in [2.05, 4.69) is 34.8 Å². The molecule has 0 aliphatic rings. The molecule has 0 bridgehead atoms. The van der Waals surface area contributed by atoms with Crippen LogP contribution >= 0.6 is 0 Å². The van der Waals surface area contributed by atoms with Crippen molar-refractivity contribution in [1.29, 1.82) is 5.26 Å². The number of anilines is 1. The average molecular weight is 262 g/mol. The van der Waals surface area contributed by atoms with Crippen LogP contribution in [0, 0.1) is 18.3 Å². The van der Waals surface area contributed by atoms with Crippen LogP contribution < -0.4 is 9.64 Å². The molecule has 0 fully saturated rings. The zero-order valence-corrected chi connectivity index (χ0v) is 12.2. The number of hydrogen-bond donors (Lipinski definition) is 0. The Hall–Kier alpha value is -1.83. The Morgan fingerprint density at radius 2 is 2.05 bits per heavy atom. The number of nitrogens with zero attached hydrogens (tertiary/aromatic N) is 4. The second-order valence-corrected chi connectivity index (χ2v) is 4.29. The topological polar surface area (TPSA) is 62.0 Å². The zero-order valence-electron chi connectivity index (χ0n) is 12.2. The third kappa shape index (κ3) is 3.82. The first-order valence-corrected chi connectivity index (χ1v) is 6.71. The van der Waals surface area contributed by atoms with Gasteiger partial charge in [-0.2, -0.15) is 10.2 Å². The van der Waals surface area contributed by atoms with Gasteiger partial charge in [-0.15, -0.1) is 0 Å². The lowest BCUT2D eigenvalue weighted by atomic mass is 10.1. The maximum absolute atomic E-state index is 8.64. The molecule has 0 saturated heterocycles. The molecule has 0 spiro atoms. The van der Waals surface area contributed by atoms with Crippen LogP contribution in [0.3, 0.4) is 0 Å². The van der Waals surface area contributed by atoms with E-state index in [0.29, 0.717) is 12.4 Å². The molecule has 0 aromatic carbocycles. The summed E-state index contributed by atoms with van der Waals surface area (Å²) in [4.78, 5) is 11.0. The molecule has 19 heavy (non-hydrogen) atoms. The van der Waals surface area contributed by atoms with Crippen molar-refractivity contribution in [2.24, 2.45) is 0 Å². The van der Waals surface area contributed by atoms with Crippen molar-refractivity contribution < 1.29 is 4.74 Å². The Labute approximate surface area is 115 Å². The zero-order chi connectivity index (χ0) is 14.3. The van der Waals surface area contributed by atoms with Crippen molar-refractivity contribution in [3.05, 3.63) is 11.3 Å². The van der Waals surface area contributed by atoms with E-state index in [4.69, 9.17) is 10.00 Å². The second kappa shape index (κ2) is 7.57. The molecule has 0 aliphatic carbocycles. The summed E-state index contributed by atoms with van der Waals surface area (Å²) in [7, 11) is 1.58. The Balaban J connectivity index is 3.06.